The van der Waals surface area contributed by atoms with Gasteiger partial charge in [0.25, 0.3) is 5.91 Å². The van der Waals surface area contributed by atoms with E-state index in [2.05, 4.69) is 5.32 Å². The number of hydrogen-bond acceptors (Lipinski definition) is 6. The summed E-state index contributed by atoms with van der Waals surface area (Å²) in [6.07, 6.45) is 3.41. The Morgan fingerprint density at radius 2 is 1.52 bits per heavy atom. The average Bonchev–Trinajstić information content (AvgIpc) is 3.32. The molecule has 7 heteroatoms. The van der Waals surface area contributed by atoms with Crippen molar-refractivity contribution in [3.8, 4) is 17.2 Å². The minimum atomic E-state index is -0.659. The fraction of sp³-hybridized carbons (Fsp3) is 0.417. The highest BCUT2D eigenvalue weighted by molar-refractivity contribution is 5.86. The topological polar surface area (TPSA) is 83.1 Å². The van der Waals surface area contributed by atoms with Gasteiger partial charge in [0.15, 0.2) is 18.1 Å². The first-order chi connectivity index (χ1) is 15.0. The van der Waals surface area contributed by atoms with Crippen LogP contribution in [0.25, 0.3) is 0 Å². The molecule has 31 heavy (non-hydrogen) atoms. The molecule has 7 nitrogen and oxygen atoms in total. The van der Waals surface area contributed by atoms with E-state index in [0.717, 1.165) is 36.8 Å². The molecule has 0 radical (unpaired) electrons. The number of rotatable bonds is 9. The third-order valence-electron chi connectivity index (χ3n) is 5.77. The maximum atomic E-state index is 12.9. The van der Waals surface area contributed by atoms with Crippen LogP contribution < -0.4 is 19.5 Å². The van der Waals surface area contributed by atoms with Gasteiger partial charge in [-0.3, -0.25) is 9.59 Å². The third kappa shape index (κ3) is 4.93. The van der Waals surface area contributed by atoms with Gasteiger partial charge < -0.3 is 24.3 Å². The zero-order chi connectivity index (χ0) is 22.3. The first kappa shape index (κ1) is 22.5. The highest BCUT2D eigenvalue weighted by Crippen LogP contribution is 2.42. The minimum Gasteiger partial charge on any atom is -0.496 e. The Labute approximate surface area is 182 Å². The Balaban J connectivity index is 1.61. The van der Waals surface area contributed by atoms with E-state index in [0.29, 0.717) is 17.2 Å². The second-order valence-corrected chi connectivity index (χ2v) is 7.53. The van der Waals surface area contributed by atoms with Crippen LogP contribution in [0.2, 0.25) is 0 Å². The van der Waals surface area contributed by atoms with Crippen molar-refractivity contribution in [3.63, 3.8) is 0 Å². The van der Waals surface area contributed by atoms with E-state index in [1.807, 2.05) is 30.3 Å². The van der Waals surface area contributed by atoms with Crippen molar-refractivity contribution < 1.29 is 28.5 Å². The van der Waals surface area contributed by atoms with Gasteiger partial charge in [-0.15, -0.1) is 0 Å². The predicted octanol–water partition coefficient (Wildman–Crippen LogP) is 3.38. The molecule has 0 spiro atoms. The normalized spacial score (nSPS) is 14.5. The molecule has 0 unspecified atom stereocenters. The molecule has 0 saturated heterocycles. The Morgan fingerprint density at radius 1 is 0.903 bits per heavy atom. The Morgan fingerprint density at radius 3 is 2.13 bits per heavy atom. The van der Waals surface area contributed by atoms with Crippen LogP contribution in [0.15, 0.2) is 42.5 Å². The summed E-state index contributed by atoms with van der Waals surface area (Å²) in [5, 5.41) is 2.77. The molecule has 3 rings (SSSR count). The monoisotopic (exact) mass is 427 g/mol. The Bertz CT molecular complexity index is 906. The first-order valence-corrected chi connectivity index (χ1v) is 10.3. The number of hydrogen-bond donors (Lipinski definition) is 1. The molecular weight excluding hydrogens is 398 g/mol. The van der Waals surface area contributed by atoms with Crippen LogP contribution in [0, 0.1) is 0 Å². The van der Waals surface area contributed by atoms with Crippen LogP contribution in [0.1, 0.15) is 36.8 Å². The molecule has 1 fully saturated rings. The number of carbonyl (C=O) groups is 2. The second kappa shape index (κ2) is 10.2. The molecule has 0 atom stereocenters. The lowest BCUT2D eigenvalue weighted by atomic mass is 9.79. The van der Waals surface area contributed by atoms with Crippen molar-refractivity contribution in [2.75, 3.05) is 27.9 Å². The van der Waals surface area contributed by atoms with Gasteiger partial charge in [0, 0.05) is 18.2 Å². The molecule has 0 aliphatic heterocycles. The molecule has 1 aliphatic carbocycles. The van der Waals surface area contributed by atoms with Crippen molar-refractivity contribution in [3.05, 3.63) is 53.6 Å². The lowest BCUT2D eigenvalue weighted by molar-refractivity contribution is -0.154. The van der Waals surface area contributed by atoms with Gasteiger partial charge in [-0.2, -0.15) is 0 Å². The maximum absolute atomic E-state index is 12.9. The molecule has 166 valence electrons. The number of amides is 1. The van der Waals surface area contributed by atoms with E-state index >= 15 is 0 Å². The Hall–Kier alpha value is -3.22. The summed E-state index contributed by atoms with van der Waals surface area (Å²) in [5.41, 5.74) is 1.01. The average molecular weight is 427 g/mol. The quantitative estimate of drug-likeness (QED) is 0.618. The molecule has 1 aliphatic rings. The van der Waals surface area contributed by atoms with E-state index in [4.69, 9.17) is 18.9 Å². The molecule has 1 amide bonds. The first-order valence-electron chi connectivity index (χ1n) is 10.3. The van der Waals surface area contributed by atoms with E-state index in [9.17, 15) is 9.59 Å². The van der Waals surface area contributed by atoms with Crippen molar-refractivity contribution in [1.29, 1.82) is 0 Å². The summed E-state index contributed by atoms with van der Waals surface area (Å²) < 4.78 is 21.4. The van der Waals surface area contributed by atoms with Gasteiger partial charge in [-0.05, 0) is 24.5 Å². The lowest BCUT2D eigenvalue weighted by Gasteiger charge is -2.27. The van der Waals surface area contributed by atoms with E-state index in [-0.39, 0.29) is 25.0 Å². The number of nitrogens with one attached hydrogen (secondary N) is 1. The zero-order valence-corrected chi connectivity index (χ0v) is 18.2. The molecule has 2 aromatic rings. The smallest absolute Gasteiger partial charge is 0.317 e. The van der Waals surface area contributed by atoms with Crippen LogP contribution >= 0.6 is 0 Å². The van der Waals surface area contributed by atoms with Crippen molar-refractivity contribution in [2.45, 2.75) is 37.6 Å². The summed E-state index contributed by atoms with van der Waals surface area (Å²) in [7, 11) is 4.62. The van der Waals surface area contributed by atoms with Gasteiger partial charge in [-0.25, -0.2) is 0 Å². The highest BCUT2D eigenvalue weighted by Gasteiger charge is 2.44. The van der Waals surface area contributed by atoms with Gasteiger partial charge in [0.1, 0.15) is 5.75 Å². The van der Waals surface area contributed by atoms with Crippen LogP contribution in [0.5, 0.6) is 17.2 Å². The van der Waals surface area contributed by atoms with E-state index in [1.54, 1.807) is 26.4 Å². The summed E-state index contributed by atoms with van der Waals surface area (Å²) in [4.78, 5) is 25.3. The van der Waals surface area contributed by atoms with Crippen LogP contribution in [-0.2, 0) is 26.3 Å². The van der Waals surface area contributed by atoms with Crippen molar-refractivity contribution in [1.82, 2.24) is 5.32 Å². The largest absolute Gasteiger partial charge is 0.496 e. The van der Waals surface area contributed by atoms with Gasteiger partial charge in [0.2, 0.25) is 0 Å². The fourth-order valence-corrected chi connectivity index (χ4v) is 4.09. The number of carbonyl (C=O) groups excluding carboxylic acids is 2. The summed E-state index contributed by atoms with van der Waals surface area (Å²) >= 11 is 0. The number of methoxy groups -OCH3 is 3. The van der Waals surface area contributed by atoms with Crippen LogP contribution in [-0.4, -0.2) is 39.8 Å². The van der Waals surface area contributed by atoms with Crippen molar-refractivity contribution >= 4 is 11.9 Å². The van der Waals surface area contributed by atoms with Crippen LogP contribution in [0.3, 0.4) is 0 Å². The summed E-state index contributed by atoms with van der Waals surface area (Å²) in [6, 6.07) is 13.1. The SMILES string of the molecule is COc1cc(OC)c(OC)cc1CNC(=O)COC(=O)C1(c2ccccc2)CCCC1. The lowest BCUT2D eigenvalue weighted by Crippen LogP contribution is -2.37. The van der Waals surface area contributed by atoms with E-state index < -0.39 is 5.41 Å². The molecule has 1 N–H and O–H groups in total. The van der Waals surface area contributed by atoms with E-state index in [1.165, 1.54) is 7.11 Å². The maximum Gasteiger partial charge on any atom is 0.317 e. The molecule has 0 bridgehead atoms. The molecule has 2 aromatic carbocycles. The third-order valence-corrected chi connectivity index (χ3v) is 5.77. The summed E-state index contributed by atoms with van der Waals surface area (Å²) in [5.74, 6) is 0.904. The highest BCUT2D eigenvalue weighted by atomic mass is 16.5. The molecule has 1 saturated carbocycles. The van der Waals surface area contributed by atoms with Gasteiger partial charge in [-0.1, -0.05) is 43.2 Å². The number of esters is 1. The van der Waals surface area contributed by atoms with Crippen LogP contribution in [0.4, 0.5) is 0 Å². The minimum absolute atomic E-state index is 0.198. The summed E-state index contributed by atoms with van der Waals surface area (Å²) in [6.45, 7) is -0.132. The molecule has 0 aromatic heterocycles. The number of ether oxygens (including phenoxy) is 4. The van der Waals surface area contributed by atoms with Gasteiger partial charge in [0.05, 0.1) is 26.7 Å². The fourth-order valence-electron chi connectivity index (χ4n) is 4.09. The van der Waals surface area contributed by atoms with Gasteiger partial charge >= 0.3 is 5.97 Å². The molecule has 0 heterocycles. The molecular formula is C24H29NO6. The standard InChI is InChI=1S/C24H29NO6/c1-28-19-14-21(30-3)20(29-2)13-17(19)15-25-22(26)16-31-23(27)24(11-7-8-12-24)18-9-5-4-6-10-18/h4-6,9-10,13-14H,7-8,11-12,15-16H2,1-3H3,(H,25,26). The second-order valence-electron chi connectivity index (χ2n) is 7.53. The zero-order valence-electron chi connectivity index (χ0n) is 18.2. The number of benzene rings is 2. The van der Waals surface area contributed by atoms with Crippen molar-refractivity contribution in [2.24, 2.45) is 0 Å². The predicted molar refractivity (Wildman–Crippen MR) is 115 cm³/mol. The Kier molecular flexibility index (Phi) is 7.39.